The van der Waals surface area contributed by atoms with Gasteiger partial charge in [0.1, 0.15) is 0 Å². The van der Waals surface area contributed by atoms with Gasteiger partial charge < -0.3 is 9.26 Å². The molecule has 0 aliphatic heterocycles. The fraction of sp³-hybridized carbons (Fsp3) is 0.211. The molecule has 0 radical (unpaired) electrons. The van der Waals surface area contributed by atoms with Gasteiger partial charge in [-0.2, -0.15) is 18.2 Å². The van der Waals surface area contributed by atoms with Gasteiger partial charge in [0.2, 0.25) is 5.82 Å². The van der Waals surface area contributed by atoms with Gasteiger partial charge in [-0.1, -0.05) is 35.5 Å². The number of carbonyl (C=O) groups is 1. The summed E-state index contributed by atoms with van der Waals surface area (Å²) in [5, 5.41) is 3.68. The summed E-state index contributed by atoms with van der Waals surface area (Å²) in [6.07, 6.45) is -5.29. The third kappa shape index (κ3) is 5.13. The summed E-state index contributed by atoms with van der Waals surface area (Å²) in [4.78, 5) is 16.9. The number of rotatable bonds is 6. The quantitative estimate of drug-likeness (QED) is 0.415. The van der Waals surface area contributed by atoms with Crippen LogP contribution in [0.5, 0.6) is 0 Å². The number of esters is 1. The number of hydrogen-bond acceptors (Lipinski definition) is 6. The van der Waals surface area contributed by atoms with Crippen molar-refractivity contribution in [3.05, 3.63) is 66.1 Å². The number of benzene rings is 2. The zero-order valence-electron chi connectivity index (χ0n) is 14.6. The van der Waals surface area contributed by atoms with Crippen molar-refractivity contribution in [2.75, 3.05) is 5.75 Å². The Morgan fingerprint density at radius 3 is 2.64 bits per heavy atom. The van der Waals surface area contributed by atoms with Crippen molar-refractivity contribution in [2.45, 2.75) is 24.1 Å². The predicted octanol–water partition coefficient (Wildman–Crippen LogP) is 5.15. The monoisotopic (exact) mass is 408 g/mol. The zero-order chi connectivity index (χ0) is 20.1. The van der Waals surface area contributed by atoms with Crippen molar-refractivity contribution >= 4 is 17.7 Å². The van der Waals surface area contributed by atoms with E-state index in [-0.39, 0.29) is 23.0 Å². The summed E-state index contributed by atoms with van der Waals surface area (Å²) in [5.74, 6) is -0.378. The van der Waals surface area contributed by atoms with E-state index in [2.05, 4.69) is 10.1 Å². The van der Waals surface area contributed by atoms with Crippen molar-refractivity contribution in [1.29, 1.82) is 0 Å². The maximum atomic E-state index is 12.8. The predicted molar refractivity (Wildman–Crippen MR) is 96.4 cm³/mol. The van der Waals surface area contributed by atoms with Crippen LogP contribution in [0.15, 0.2) is 64.0 Å². The minimum absolute atomic E-state index is 0.00507. The number of ether oxygens (including phenoxy) is 1. The molecule has 0 bridgehead atoms. The van der Waals surface area contributed by atoms with E-state index in [1.54, 1.807) is 6.92 Å². The number of halogens is 3. The first-order valence-corrected chi connectivity index (χ1v) is 9.20. The van der Waals surface area contributed by atoms with Crippen molar-refractivity contribution in [2.24, 2.45) is 0 Å². The highest BCUT2D eigenvalue weighted by atomic mass is 32.2. The highest BCUT2D eigenvalue weighted by molar-refractivity contribution is 8.00. The molecular weight excluding hydrogens is 393 g/mol. The lowest BCUT2D eigenvalue weighted by Gasteiger charge is -2.09. The number of thioether (sulfide) groups is 1. The van der Waals surface area contributed by atoms with Crippen LogP contribution < -0.4 is 0 Å². The lowest BCUT2D eigenvalue weighted by atomic mass is 10.1. The normalized spacial score (nSPS) is 12.6. The second-order valence-corrected chi connectivity index (χ2v) is 6.82. The molecule has 1 atom stereocenters. The van der Waals surface area contributed by atoms with Crippen LogP contribution in [0.25, 0.3) is 11.4 Å². The molecule has 28 heavy (non-hydrogen) atoms. The Morgan fingerprint density at radius 1 is 1.18 bits per heavy atom. The summed E-state index contributed by atoms with van der Waals surface area (Å²) in [6, 6.07) is 14.0. The molecule has 1 aromatic heterocycles. The van der Waals surface area contributed by atoms with Gasteiger partial charge in [-0.3, -0.25) is 4.79 Å². The Morgan fingerprint density at radius 2 is 1.93 bits per heavy atom. The minimum atomic E-state index is -4.47. The lowest BCUT2D eigenvalue weighted by Crippen LogP contribution is -2.11. The molecular formula is C19H15F3N2O3S. The van der Waals surface area contributed by atoms with Crippen molar-refractivity contribution in [3.63, 3.8) is 0 Å². The number of nitrogens with zero attached hydrogens (tertiary/aromatic N) is 2. The number of alkyl halides is 3. The third-order valence-corrected chi connectivity index (χ3v) is 4.63. The molecule has 0 aliphatic carbocycles. The summed E-state index contributed by atoms with van der Waals surface area (Å²) in [5.41, 5.74) is -0.656. The Kier molecular flexibility index (Phi) is 6.03. The fourth-order valence-electron chi connectivity index (χ4n) is 2.29. The molecule has 1 heterocycles. The molecule has 0 fully saturated rings. The van der Waals surface area contributed by atoms with E-state index in [9.17, 15) is 18.0 Å². The van der Waals surface area contributed by atoms with E-state index >= 15 is 0 Å². The van der Waals surface area contributed by atoms with Gasteiger partial charge in [0.15, 0.2) is 6.10 Å². The summed E-state index contributed by atoms with van der Waals surface area (Å²) >= 11 is 1.32. The Hall–Kier alpha value is -2.81. The van der Waals surface area contributed by atoms with Crippen LogP contribution in [0.1, 0.15) is 24.5 Å². The number of aromatic nitrogens is 2. The smallest absolute Gasteiger partial charge is 0.416 e. The van der Waals surface area contributed by atoms with Crippen molar-refractivity contribution < 1.29 is 27.2 Å². The summed E-state index contributed by atoms with van der Waals surface area (Å²) in [6.45, 7) is 1.55. The third-order valence-electron chi connectivity index (χ3n) is 3.65. The van der Waals surface area contributed by atoms with Crippen LogP contribution >= 0.6 is 11.8 Å². The van der Waals surface area contributed by atoms with Crippen LogP contribution in [0.2, 0.25) is 0 Å². The molecule has 9 heteroatoms. The van der Waals surface area contributed by atoms with Gasteiger partial charge >= 0.3 is 12.1 Å². The topological polar surface area (TPSA) is 65.2 Å². The van der Waals surface area contributed by atoms with Crippen LogP contribution in [0, 0.1) is 0 Å². The van der Waals surface area contributed by atoms with Crippen LogP contribution in [0.4, 0.5) is 13.2 Å². The first-order chi connectivity index (χ1) is 13.3. The van der Waals surface area contributed by atoms with E-state index in [0.29, 0.717) is 0 Å². The molecule has 0 aliphatic rings. The van der Waals surface area contributed by atoms with E-state index in [1.807, 2.05) is 30.3 Å². The molecule has 0 amide bonds. The van der Waals surface area contributed by atoms with E-state index < -0.39 is 23.8 Å². The Balaban J connectivity index is 1.62. The molecule has 2 aromatic carbocycles. The molecule has 0 saturated heterocycles. The Bertz CT molecular complexity index is 945. The maximum Gasteiger partial charge on any atom is 0.416 e. The lowest BCUT2D eigenvalue weighted by molar-refractivity contribution is -0.146. The SMILES string of the molecule is CC(OC(=O)CSc1ccccc1)c1nc(-c2cccc(C(F)(F)F)c2)no1. The average Bonchev–Trinajstić information content (AvgIpc) is 3.17. The Labute approximate surface area is 162 Å². The van der Waals surface area contributed by atoms with Gasteiger partial charge in [0.25, 0.3) is 5.89 Å². The first-order valence-electron chi connectivity index (χ1n) is 8.21. The molecule has 146 valence electrons. The molecule has 0 saturated carbocycles. The van der Waals surface area contributed by atoms with Crippen LogP contribution in [0.3, 0.4) is 0 Å². The van der Waals surface area contributed by atoms with Crippen LogP contribution in [-0.4, -0.2) is 21.9 Å². The standard InChI is InChI=1S/C19H15F3N2O3S/c1-12(26-16(25)11-28-15-8-3-2-4-9-15)18-23-17(24-27-18)13-6-5-7-14(10-13)19(20,21)22/h2-10,12H,11H2,1H3. The maximum absolute atomic E-state index is 12.8. The molecule has 1 unspecified atom stereocenters. The van der Waals surface area contributed by atoms with E-state index in [1.165, 1.54) is 23.9 Å². The number of carbonyl (C=O) groups excluding carboxylic acids is 1. The van der Waals surface area contributed by atoms with E-state index in [4.69, 9.17) is 9.26 Å². The second-order valence-electron chi connectivity index (χ2n) is 5.77. The minimum Gasteiger partial charge on any atom is -0.452 e. The highest BCUT2D eigenvalue weighted by Gasteiger charge is 2.31. The molecule has 3 aromatic rings. The molecule has 0 N–H and O–H groups in total. The van der Waals surface area contributed by atoms with E-state index in [0.717, 1.165) is 17.0 Å². The largest absolute Gasteiger partial charge is 0.452 e. The molecule has 5 nitrogen and oxygen atoms in total. The van der Waals surface area contributed by atoms with Gasteiger partial charge in [0, 0.05) is 10.5 Å². The average molecular weight is 408 g/mol. The van der Waals surface area contributed by atoms with Crippen molar-refractivity contribution in [3.8, 4) is 11.4 Å². The molecule has 3 rings (SSSR count). The van der Waals surface area contributed by atoms with Gasteiger partial charge in [-0.25, -0.2) is 0 Å². The summed E-state index contributed by atoms with van der Waals surface area (Å²) < 4.78 is 48.8. The zero-order valence-corrected chi connectivity index (χ0v) is 15.5. The van der Waals surface area contributed by atoms with Gasteiger partial charge in [-0.05, 0) is 31.2 Å². The fourth-order valence-corrected chi connectivity index (χ4v) is 2.99. The van der Waals surface area contributed by atoms with Gasteiger partial charge in [-0.15, -0.1) is 11.8 Å². The molecule has 0 spiro atoms. The number of hydrogen-bond donors (Lipinski definition) is 0. The second kappa shape index (κ2) is 8.47. The highest BCUT2D eigenvalue weighted by Crippen LogP contribution is 2.31. The summed E-state index contributed by atoms with van der Waals surface area (Å²) in [7, 11) is 0. The first kappa shape index (κ1) is 19.9. The van der Waals surface area contributed by atoms with Crippen LogP contribution in [-0.2, 0) is 15.7 Å². The van der Waals surface area contributed by atoms with Gasteiger partial charge in [0.05, 0.1) is 11.3 Å². The van der Waals surface area contributed by atoms with Crippen molar-refractivity contribution in [1.82, 2.24) is 10.1 Å².